The maximum Gasteiger partial charge on any atom is 0.119 e. The number of nitrogens with two attached hydrogens (primary N) is 1. The second-order valence-corrected chi connectivity index (χ2v) is 7.91. The lowest BCUT2D eigenvalue weighted by Crippen LogP contribution is -2.38. The standard InChI is InChI=1S/C25H33NO/c1-3-10-24(26)22-13-15-23(16-14-22)27-20(2)25(17-8-5-9-18-25)19-21-11-6-4-7-12-21/h4,6-8,11-17,20,24H,3,5,9-10,18-19,26H2,1-2H3. The molecule has 1 aliphatic carbocycles. The fourth-order valence-electron chi connectivity index (χ4n) is 4.15. The molecule has 2 aromatic rings. The maximum absolute atomic E-state index is 6.43. The van der Waals surface area contributed by atoms with E-state index in [1.165, 1.54) is 30.4 Å². The van der Waals surface area contributed by atoms with Crippen LogP contribution in [-0.4, -0.2) is 6.10 Å². The molecule has 0 amide bonds. The van der Waals surface area contributed by atoms with Gasteiger partial charge in [-0.2, -0.15) is 0 Å². The first kappa shape index (κ1) is 19.7. The van der Waals surface area contributed by atoms with E-state index in [9.17, 15) is 0 Å². The molecule has 0 spiro atoms. The third-order valence-corrected chi connectivity index (χ3v) is 5.87. The van der Waals surface area contributed by atoms with Crippen LogP contribution in [0.4, 0.5) is 0 Å². The number of hydrogen-bond acceptors (Lipinski definition) is 2. The number of hydrogen-bond donors (Lipinski definition) is 1. The van der Waals surface area contributed by atoms with E-state index in [-0.39, 0.29) is 17.6 Å². The van der Waals surface area contributed by atoms with Crippen molar-refractivity contribution in [2.45, 2.75) is 64.5 Å². The van der Waals surface area contributed by atoms with Gasteiger partial charge in [-0.3, -0.25) is 0 Å². The van der Waals surface area contributed by atoms with Crippen LogP contribution in [0, 0.1) is 5.41 Å². The minimum Gasteiger partial charge on any atom is -0.490 e. The van der Waals surface area contributed by atoms with Crippen molar-refractivity contribution in [3.63, 3.8) is 0 Å². The third kappa shape index (κ3) is 5.01. The Morgan fingerprint density at radius 1 is 1.07 bits per heavy atom. The molecule has 0 fully saturated rings. The van der Waals surface area contributed by atoms with Gasteiger partial charge in [0.15, 0.2) is 0 Å². The van der Waals surface area contributed by atoms with Crippen molar-refractivity contribution in [2.24, 2.45) is 11.1 Å². The van der Waals surface area contributed by atoms with Gasteiger partial charge in [-0.25, -0.2) is 0 Å². The lowest BCUT2D eigenvalue weighted by atomic mass is 9.71. The van der Waals surface area contributed by atoms with Gasteiger partial charge in [0.1, 0.15) is 11.9 Å². The summed E-state index contributed by atoms with van der Waals surface area (Å²) in [7, 11) is 0. The Morgan fingerprint density at radius 3 is 2.44 bits per heavy atom. The van der Waals surface area contributed by atoms with E-state index in [1.54, 1.807) is 0 Å². The van der Waals surface area contributed by atoms with Crippen LogP contribution in [-0.2, 0) is 6.42 Å². The molecule has 2 heteroatoms. The third-order valence-electron chi connectivity index (χ3n) is 5.87. The fraction of sp³-hybridized carbons (Fsp3) is 0.440. The van der Waals surface area contributed by atoms with Crippen molar-refractivity contribution < 1.29 is 4.74 Å². The zero-order valence-corrected chi connectivity index (χ0v) is 16.7. The van der Waals surface area contributed by atoms with E-state index in [0.29, 0.717) is 0 Å². The summed E-state index contributed by atoms with van der Waals surface area (Å²) >= 11 is 0. The van der Waals surface area contributed by atoms with Gasteiger partial charge in [0, 0.05) is 11.5 Å². The van der Waals surface area contributed by atoms with Gasteiger partial charge in [0.2, 0.25) is 0 Å². The van der Waals surface area contributed by atoms with Crippen LogP contribution in [0.2, 0.25) is 0 Å². The number of ether oxygens (including phenoxy) is 1. The SMILES string of the molecule is CCCC(N)c1ccc(OC(C)C2(Cc3ccccc3)C=CCCC2)cc1. The van der Waals surface area contributed by atoms with Crippen LogP contribution in [0.25, 0.3) is 0 Å². The lowest BCUT2D eigenvalue weighted by molar-refractivity contribution is 0.0845. The molecule has 2 nitrogen and oxygen atoms in total. The zero-order valence-electron chi connectivity index (χ0n) is 16.7. The molecule has 27 heavy (non-hydrogen) atoms. The van der Waals surface area contributed by atoms with E-state index < -0.39 is 0 Å². The minimum absolute atomic E-state index is 0.0525. The summed E-state index contributed by atoms with van der Waals surface area (Å²) in [6.07, 6.45) is 11.6. The van der Waals surface area contributed by atoms with E-state index in [1.807, 2.05) is 0 Å². The second-order valence-electron chi connectivity index (χ2n) is 7.91. The smallest absolute Gasteiger partial charge is 0.119 e. The first-order valence-corrected chi connectivity index (χ1v) is 10.4. The lowest BCUT2D eigenvalue weighted by Gasteiger charge is -2.39. The molecule has 2 N–H and O–H groups in total. The Balaban J connectivity index is 1.74. The van der Waals surface area contributed by atoms with Crippen LogP contribution in [0.1, 0.15) is 63.1 Å². The largest absolute Gasteiger partial charge is 0.490 e. The average Bonchev–Trinajstić information content (AvgIpc) is 2.70. The summed E-state index contributed by atoms with van der Waals surface area (Å²) in [4.78, 5) is 0. The van der Waals surface area contributed by atoms with Crippen molar-refractivity contribution in [1.29, 1.82) is 0 Å². The quantitative estimate of drug-likeness (QED) is 0.565. The molecule has 0 radical (unpaired) electrons. The summed E-state index contributed by atoms with van der Waals surface area (Å²) in [5, 5.41) is 0. The Labute approximate surface area is 164 Å². The van der Waals surface area contributed by atoms with Gasteiger partial charge >= 0.3 is 0 Å². The summed E-state index contributed by atoms with van der Waals surface area (Å²) in [5.41, 5.74) is 8.85. The van der Waals surface area contributed by atoms with Gasteiger partial charge in [-0.15, -0.1) is 0 Å². The minimum atomic E-state index is 0.0525. The molecule has 1 aliphatic rings. The Bertz CT molecular complexity index is 722. The summed E-state index contributed by atoms with van der Waals surface area (Å²) in [6, 6.07) is 19.3. The van der Waals surface area contributed by atoms with Crippen LogP contribution in [0.5, 0.6) is 5.75 Å². The second kappa shape index (κ2) is 9.23. The predicted octanol–water partition coefficient (Wildman–Crippen LogP) is 6.22. The summed E-state index contributed by atoms with van der Waals surface area (Å²) in [6.45, 7) is 4.39. The molecule has 3 atom stereocenters. The molecule has 3 unspecified atom stereocenters. The van der Waals surface area contributed by atoms with E-state index >= 15 is 0 Å². The van der Waals surface area contributed by atoms with Crippen LogP contribution in [0.15, 0.2) is 66.7 Å². The van der Waals surface area contributed by atoms with E-state index in [4.69, 9.17) is 10.5 Å². The van der Waals surface area contributed by atoms with Gasteiger partial charge < -0.3 is 10.5 Å². The number of rotatable bonds is 8. The van der Waals surface area contributed by atoms with Crippen molar-refractivity contribution in [3.8, 4) is 5.75 Å². The first-order chi connectivity index (χ1) is 13.1. The highest BCUT2D eigenvalue weighted by atomic mass is 16.5. The molecular weight excluding hydrogens is 330 g/mol. The predicted molar refractivity (Wildman–Crippen MR) is 114 cm³/mol. The van der Waals surface area contributed by atoms with Crippen LogP contribution < -0.4 is 10.5 Å². The molecule has 0 bridgehead atoms. The fourth-order valence-corrected chi connectivity index (χ4v) is 4.15. The van der Waals surface area contributed by atoms with E-state index in [0.717, 1.165) is 25.0 Å². The van der Waals surface area contributed by atoms with E-state index in [2.05, 4.69) is 80.6 Å². The molecule has 0 aromatic heterocycles. The molecular formula is C25H33NO. The molecule has 2 aromatic carbocycles. The molecule has 0 aliphatic heterocycles. The van der Waals surface area contributed by atoms with Gasteiger partial charge in [0.05, 0.1) is 0 Å². The molecule has 0 heterocycles. The zero-order chi connectivity index (χ0) is 19.1. The highest BCUT2D eigenvalue weighted by molar-refractivity contribution is 5.30. The molecule has 0 saturated heterocycles. The van der Waals surface area contributed by atoms with Gasteiger partial charge in [-0.1, -0.05) is 68.0 Å². The van der Waals surface area contributed by atoms with Crippen molar-refractivity contribution in [3.05, 3.63) is 77.9 Å². The van der Waals surface area contributed by atoms with Crippen LogP contribution >= 0.6 is 0 Å². The monoisotopic (exact) mass is 363 g/mol. The highest BCUT2D eigenvalue weighted by Crippen LogP contribution is 2.40. The molecule has 3 rings (SSSR count). The average molecular weight is 364 g/mol. The molecule has 0 saturated carbocycles. The number of benzene rings is 2. The Kier molecular flexibility index (Phi) is 6.73. The van der Waals surface area contributed by atoms with Crippen molar-refractivity contribution in [2.75, 3.05) is 0 Å². The summed E-state index contributed by atoms with van der Waals surface area (Å²) < 4.78 is 6.43. The van der Waals surface area contributed by atoms with Gasteiger partial charge in [0.25, 0.3) is 0 Å². The normalized spacial score (nSPS) is 21.6. The summed E-state index contributed by atoms with van der Waals surface area (Å²) in [5.74, 6) is 0.932. The van der Waals surface area contributed by atoms with Crippen molar-refractivity contribution >= 4 is 0 Å². The Hall–Kier alpha value is -2.06. The number of allylic oxidation sites excluding steroid dienone is 1. The van der Waals surface area contributed by atoms with Gasteiger partial charge in [-0.05, 0) is 62.3 Å². The first-order valence-electron chi connectivity index (χ1n) is 10.4. The van der Waals surface area contributed by atoms with Crippen LogP contribution in [0.3, 0.4) is 0 Å². The topological polar surface area (TPSA) is 35.2 Å². The molecule has 144 valence electrons. The Morgan fingerprint density at radius 2 is 1.81 bits per heavy atom. The highest BCUT2D eigenvalue weighted by Gasteiger charge is 2.36. The maximum atomic E-state index is 6.43. The van der Waals surface area contributed by atoms with Crippen molar-refractivity contribution in [1.82, 2.24) is 0 Å².